The first-order valence-electron chi connectivity index (χ1n) is 7.50. The monoisotopic (exact) mass is 380 g/mol. The van der Waals surface area contributed by atoms with Gasteiger partial charge < -0.3 is 4.42 Å². The number of nitrogens with one attached hydrogen (secondary N) is 1. The Kier molecular flexibility index (Phi) is 5.58. The molecule has 0 aliphatic carbocycles. The number of thioether (sulfide) groups is 2. The summed E-state index contributed by atoms with van der Waals surface area (Å²) in [6.45, 7) is 2.10. The molecule has 0 unspecified atom stereocenters. The molecule has 3 rings (SSSR count). The van der Waals surface area contributed by atoms with Crippen molar-refractivity contribution in [2.24, 2.45) is 5.10 Å². The van der Waals surface area contributed by atoms with E-state index in [1.54, 1.807) is 6.07 Å². The van der Waals surface area contributed by atoms with E-state index in [0.717, 1.165) is 17.1 Å². The second-order valence-corrected chi connectivity index (χ2v) is 9.40. The maximum Gasteiger partial charge on any atom is 0.242 e. The summed E-state index contributed by atoms with van der Waals surface area (Å²) in [7, 11) is 0. The van der Waals surface area contributed by atoms with E-state index in [4.69, 9.17) is 16.0 Å². The lowest BCUT2D eigenvalue weighted by Gasteiger charge is -2.19. The zero-order chi connectivity index (χ0) is 17.0. The standard InChI is InChI=1S/C17H17ClN2O2S2/c1-17(23-7-8-24-17)10-16(21)20-19-11-14-5-6-15(22-14)12-3-2-4-13(18)9-12/h2-6,9,11H,7-8,10H2,1H3,(H,20,21)/b19-11-. The molecule has 1 saturated heterocycles. The van der Waals surface area contributed by atoms with E-state index in [1.165, 1.54) is 6.21 Å². The SMILES string of the molecule is CC1(CC(=O)N/N=C\c2ccc(-c3cccc(Cl)c3)o2)SCCS1. The highest BCUT2D eigenvalue weighted by Crippen LogP contribution is 2.45. The van der Waals surface area contributed by atoms with Gasteiger partial charge in [-0.3, -0.25) is 4.79 Å². The van der Waals surface area contributed by atoms with Gasteiger partial charge >= 0.3 is 0 Å². The summed E-state index contributed by atoms with van der Waals surface area (Å²) in [5, 5.41) is 4.63. The second-order valence-electron chi connectivity index (χ2n) is 5.51. The van der Waals surface area contributed by atoms with Crippen LogP contribution in [0.2, 0.25) is 5.02 Å². The summed E-state index contributed by atoms with van der Waals surface area (Å²) >= 11 is 9.63. The quantitative estimate of drug-likeness (QED) is 0.606. The van der Waals surface area contributed by atoms with Gasteiger partial charge in [-0.2, -0.15) is 5.10 Å². The molecule has 0 saturated carbocycles. The van der Waals surface area contributed by atoms with E-state index < -0.39 is 0 Å². The van der Waals surface area contributed by atoms with E-state index in [9.17, 15) is 4.79 Å². The molecule has 1 amide bonds. The fourth-order valence-corrected chi connectivity index (χ4v) is 5.40. The van der Waals surface area contributed by atoms with Gasteiger partial charge in [0.2, 0.25) is 5.91 Å². The van der Waals surface area contributed by atoms with Crippen molar-refractivity contribution < 1.29 is 9.21 Å². The summed E-state index contributed by atoms with van der Waals surface area (Å²) in [5.41, 5.74) is 3.46. The minimum absolute atomic E-state index is 0.0377. The molecule has 24 heavy (non-hydrogen) atoms. The molecule has 2 heterocycles. The van der Waals surface area contributed by atoms with E-state index in [-0.39, 0.29) is 9.99 Å². The largest absolute Gasteiger partial charge is 0.455 e. The highest BCUT2D eigenvalue weighted by atomic mass is 35.5. The Bertz CT molecular complexity index is 755. The van der Waals surface area contributed by atoms with Gasteiger partial charge in [-0.1, -0.05) is 23.7 Å². The molecule has 1 N–H and O–H groups in total. The first kappa shape index (κ1) is 17.5. The number of benzene rings is 1. The Morgan fingerprint density at radius 3 is 2.92 bits per heavy atom. The maximum atomic E-state index is 12.0. The van der Waals surface area contributed by atoms with Crippen LogP contribution in [0.25, 0.3) is 11.3 Å². The molecule has 0 bridgehead atoms. The second kappa shape index (κ2) is 7.68. The number of amides is 1. The Labute approximate surface area is 154 Å². The van der Waals surface area contributed by atoms with Crippen molar-refractivity contribution in [1.82, 2.24) is 5.43 Å². The van der Waals surface area contributed by atoms with Crippen LogP contribution in [0.3, 0.4) is 0 Å². The first-order valence-corrected chi connectivity index (χ1v) is 9.85. The number of carbonyl (C=O) groups excluding carboxylic acids is 1. The number of hydrogen-bond acceptors (Lipinski definition) is 5. The molecule has 126 valence electrons. The predicted octanol–water partition coefficient (Wildman–Crippen LogP) is 4.64. The molecule has 1 aromatic heterocycles. The molecule has 0 spiro atoms. The number of hydrogen-bond donors (Lipinski definition) is 1. The lowest BCUT2D eigenvalue weighted by atomic mass is 10.2. The van der Waals surface area contributed by atoms with Crippen LogP contribution in [0.15, 0.2) is 45.9 Å². The van der Waals surface area contributed by atoms with Crippen LogP contribution in [0.5, 0.6) is 0 Å². The molecule has 2 aromatic rings. The number of hydrazone groups is 1. The van der Waals surface area contributed by atoms with Gasteiger partial charge in [0, 0.05) is 22.1 Å². The van der Waals surface area contributed by atoms with Crippen LogP contribution >= 0.6 is 35.1 Å². The fraction of sp³-hybridized carbons (Fsp3) is 0.294. The summed E-state index contributed by atoms with van der Waals surface area (Å²) in [6.07, 6.45) is 1.95. The third-order valence-corrected chi connectivity index (χ3v) is 7.02. The lowest BCUT2D eigenvalue weighted by Crippen LogP contribution is -2.26. The summed E-state index contributed by atoms with van der Waals surface area (Å²) < 4.78 is 5.65. The molecular weight excluding hydrogens is 364 g/mol. The third-order valence-electron chi connectivity index (χ3n) is 3.50. The van der Waals surface area contributed by atoms with Gasteiger partial charge in [0.1, 0.15) is 11.5 Å². The van der Waals surface area contributed by atoms with Crippen LogP contribution in [-0.4, -0.2) is 27.7 Å². The van der Waals surface area contributed by atoms with Crippen molar-refractivity contribution in [3.05, 3.63) is 47.2 Å². The van der Waals surface area contributed by atoms with Gasteiger partial charge in [0.05, 0.1) is 16.7 Å². The molecule has 4 nitrogen and oxygen atoms in total. The molecule has 1 fully saturated rings. The summed E-state index contributed by atoms with van der Waals surface area (Å²) in [5.74, 6) is 3.38. The topological polar surface area (TPSA) is 54.6 Å². The minimum atomic E-state index is -0.0859. The molecular formula is C17H17ClN2O2S2. The van der Waals surface area contributed by atoms with Gasteiger partial charge in [-0.05, 0) is 31.2 Å². The highest BCUT2D eigenvalue weighted by molar-refractivity contribution is 8.21. The first-order chi connectivity index (χ1) is 11.5. The fourth-order valence-electron chi connectivity index (χ4n) is 2.38. The summed E-state index contributed by atoms with van der Waals surface area (Å²) in [6, 6.07) is 11.1. The zero-order valence-corrected chi connectivity index (χ0v) is 15.5. The van der Waals surface area contributed by atoms with Gasteiger partial charge in [-0.15, -0.1) is 23.5 Å². The van der Waals surface area contributed by atoms with E-state index >= 15 is 0 Å². The number of furan rings is 1. The van der Waals surface area contributed by atoms with Crippen LogP contribution < -0.4 is 5.43 Å². The average molecular weight is 381 g/mol. The van der Waals surface area contributed by atoms with E-state index in [0.29, 0.717) is 23.0 Å². The molecule has 1 aromatic carbocycles. The van der Waals surface area contributed by atoms with Crippen molar-refractivity contribution in [2.75, 3.05) is 11.5 Å². The van der Waals surface area contributed by atoms with Crippen LogP contribution in [-0.2, 0) is 4.79 Å². The predicted molar refractivity (Wildman–Crippen MR) is 103 cm³/mol. The molecule has 0 atom stereocenters. The Morgan fingerprint density at radius 1 is 1.38 bits per heavy atom. The molecule has 7 heteroatoms. The lowest BCUT2D eigenvalue weighted by molar-refractivity contribution is -0.121. The van der Waals surface area contributed by atoms with Crippen molar-refractivity contribution >= 4 is 47.2 Å². The number of halogens is 1. The zero-order valence-electron chi connectivity index (χ0n) is 13.1. The number of rotatable bonds is 5. The molecule has 1 aliphatic heterocycles. The van der Waals surface area contributed by atoms with Crippen molar-refractivity contribution in [3.63, 3.8) is 0 Å². The Hall–Kier alpha value is -1.37. The van der Waals surface area contributed by atoms with Crippen molar-refractivity contribution in [3.8, 4) is 11.3 Å². The van der Waals surface area contributed by atoms with Crippen LogP contribution in [0.1, 0.15) is 19.1 Å². The molecule has 0 radical (unpaired) electrons. The van der Waals surface area contributed by atoms with Crippen molar-refractivity contribution in [1.29, 1.82) is 0 Å². The van der Waals surface area contributed by atoms with E-state index in [1.807, 2.05) is 53.9 Å². The average Bonchev–Trinajstić information content (AvgIpc) is 3.17. The Morgan fingerprint density at radius 2 is 2.17 bits per heavy atom. The number of nitrogens with zero attached hydrogens (tertiary/aromatic N) is 1. The highest BCUT2D eigenvalue weighted by Gasteiger charge is 2.32. The molecule has 1 aliphatic rings. The maximum absolute atomic E-state index is 12.0. The van der Waals surface area contributed by atoms with Crippen molar-refractivity contribution in [2.45, 2.75) is 17.4 Å². The van der Waals surface area contributed by atoms with Gasteiger partial charge in [0.25, 0.3) is 0 Å². The normalized spacial score (nSPS) is 16.6. The van der Waals surface area contributed by atoms with Gasteiger partial charge in [-0.25, -0.2) is 5.43 Å². The minimum Gasteiger partial charge on any atom is -0.455 e. The van der Waals surface area contributed by atoms with Crippen LogP contribution in [0.4, 0.5) is 0 Å². The van der Waals surface area contributed by atoms with E-state index in [2.05, 4.69) is 17.5 Å². The third kappa shape index (κ3) is 4.59. The van der Waals surface area contributed by atoms with Gasteiger partial charge in [0.15, 0.2) is 0 Å². The van der Waals surface area contributed by atoms with Crippen LogP contribution in [0, 0.1) is 0 Å². The Balaban J connectivity index is 1.56. The number of carbonyl (C=O) groups is 1. The smallest absolute Gasteiger partial charge is 0.242 e. The summed E-state index contributed by atoms with van der Waals surface area (Å²) in [4.78, 5) is 12.0.